The average Bonchev–Trinajstić information content (AvgIpc) is 2.23. The fourth-order valence-electron chi connectivity index (χ4n) is 1.23. The van der Waals surface area contributed by atoms with Crippen LogP contribution in [-0.4, -0.2) is 23.7 Å². The number of carbonyl (C=O) groups is 1. The Morgan fingerprint density at radius 3 is 2.88 bits per heavy atom. The lowest BCUT2D eigenvalue weighted by molar-refractivity contribution is -0.121. The van der Waals surface area contributed by atoms with Crippen molar-refractivity contribution in [1.29, 1.82) is 0 Å². The summed E-state index contributed by atoms with van der Waals surface area (Å²) in [5.41, 5.74) is 0.173. The first-order valence-corrected chi connectivity index (χ1v) is 5.25. The molecule has 1 aromatic rings. The van der Waals surface area contributed by atoms with Crippen LogP contribution in [0.1, 0.15) is 12.5 Å². The molecule has 0 fully saturated rings. The zero-order valence-electron chi connectivity index (χ0n) is 8.84. The number of benzene rings is 1. The summed E-state index contributed by atoms with van der Waals surface area (Å²) in [6.45, 7) is 1.50. The fraction of sp³-hybridized carbons (Fsp3) is 0.364. The van der Waals surface area contributed by atoms with Crippen molar-refractivity contribution in [2.45, 2.75) is 19.4 Å². The minimum absolute atomic E-state index is 0.129. The molecule has 88 valence electrons. The molecule has 0 aliphatic carbocycles. The fourth-order valence-corrected chi connectivity index (χ4v) is 1.46. The van der Waals surface area contributed by atoms with E-state index in [2.05, 4.69) is 5.32 Å². The van der Waals surface area contributed by atoms with Crippen LogP contribution in [0.5, 0.6) is 0 Å². The number of aliphatic hydroxyl groups is 1. The number of hydrogen-bond donors (Lipinski definition) is 2. The Morgan fingerprint density at radius 2 is 2.31 bits per heavy atom. The van der Waals surface area contributed by atoms with E-state index in [1.54, 1.807) is 6.92 Å². The van der Waals surface area contributed by atoms with Crippen molar-refractivity contribution in [3.05, 3.63) is 34.6 Å². The molecular formula is C11H13ClFNO2. The van der Waals surface area contributed by atoms with Crippen molar-refractivity contribution in [3.63, 3.8) is 0 Å². The largest absolute Gasteiger partial charge is 0.394 e. The van der Waals surface area contributed by atoms with E-state index >= 15 is 0 Å². The number of hydrogen-bond acceptors (Lipinski definition) is 2. The van der Waals surface area contributed by atoms with E-state index in [0.29, 0.717) is 0 Å². The van der Waals surface area contributed by atoms with Gasteiger partial charge in [-0.3, -0.25) is 4.79 Å². The normalized spacial score (nSPS) is 12.2. The summed E-state index contributed by atoms with van der Waals surface area (Å²) in [6, 6.07) is 3.92. The van der Waals surface area contributed by atoms with Crippen LogP contribution in [0, 0.1) is 5.82 Å². The Labute approximate surface area is 98.2 Å². The Kier molecular flexibility index (Phi) is 4.71. The summed E-state index contributed by atoms with van der Waals surface area (Å²) in [5.74, 6) is -0.868. The molecule has 0 saturated heterocycles. The molecule has 0 aliphatic rings. The first-order chi connectivity index (χ1) is 7.54. The molecule has 0 spiro atoms. The van der Waals surface area contributed by atoms with Gasteiger partial charge in [-0.05, 0) is 19.1 Å². The highest BCUT2D eigenvalue weighted by atomic mass is 35.5. The summed E-state index contributed by atoms with van der Waals surface area (Å²) >= 11 is 5.77. The third-order valence-electron chi connectivity index (χ3n) is 2.08. The minimum Gasteiger partial charge on any atom is -0.394 e. The van der Waals surface area contributed by atoms with Crippen molar-refractivity contribution in [2.24, 2.45) is 0 Å². The molecule has 0 radical (unpaired) electrons. The van der Waals surface area contributed by atoms with Crippen LogP contribution in [0.25, 0.3) is 0 Å². The second kappa shape index (κ2) is 5.82. The number of aliphatic hydroxyl groups excluding tert-OH is 1. The number of rotatable bonds is 4. The summed E-state index contributed by atoms with van der Waals surface area (Å²) in [4.78, 5) is 11.4. The average molecular weight is 246 g/mol. The lowest BCUT2D eigenvalue weighted by atomic mass is 10.1. The van der Waals surface area contributed by atoms with Gasteiger partial charge in [0.1, 0.15) is 5.82 Å². The van der Waals surface area contributed by atoms with Gasteiger partial charge in [-0.2, -0.15) is 0 Å². The van der Waals surface area contributed by atoms with E-state index in [1.165, 1.54) is 18.2 Å². The summed E-state index contributed by atoms with van der Waals surface area (Å²) in [7, 11) is 0. The third kappa shape index (κ3) is 3.47. The maximum atomic E-state index is 13.3. The van der Waals surface area contributed by atoms with E-state index in [9.17, 15) is 9.18 Å². The highest BCUT2D eigenvalue weighted by molar-refractivity contribution is 6.31. The van der Waals surface area contributed by atoms with Crippen LogP contribution in [0.3, 0.4) is 0 Å². The van der Waals surface area contributed by atoms with Crippen LogP contribution < -0.4 is 5.32 Å². The Bertz CT molecular complexity index is 364. The standard InChI is InChI=1S/C11H13ClFNO2/c1-7(6-15)14-11(16)5-8-9(12)3-2-4-10(8)13/h2-4,7,15H,5-6H2,1H3,(H,14,16)/t7-/m0/s1. The van der Waals surface area contributed by atoms with E-state index in [4.69, 9.17) is 16.7 Å². The van der Waals surface area contributed by atoms with Crippen LogP contribution in [0.4, 0.5) is 4.39 Å². The number of carbonyl (C=O) groups excluding carboxylic acids is 1. The van der Waals surface area contributed by atoms with Crippen molar-refractivity contribution >= 4 is 17.5 Å². The molecule has 2 N–H and O–H groups in total. The molecule has 1 atom stereocenters. The van der Waals surface area contributed by atoms with Gasteiger partial charge in [0.05, 0.1) is 13.0 Å². The highest BCUT2D eigenvalue weighted by Gasteiger charge is 2.13. The quantitative estimate of drug-likeness (QED) is 0.845. The van der Waals surface area contributed by atoms with Gasteiger partial charge in [0.15, 0.2) is 0 Å². The first-order valence-electron chi connectivity index (χ1n) is 4.87. The van der Waals surface area contributed by atoms with Crippen LogP contribution in [-0.2, 0) is 11.2 Å². The number of amides is 1. The van der Waals surface area contributed by atoms with Crippen molar-refractivity contribution in [2.75, 3.05) is 6.61 Å². The van der Waals surface area contributed by atoms with Crippen molar-refractivity contribution in [3.8, 4) is 0 Å². The van der Waals surface area contributed by atoms with Gasteiger partial charge in [-0.15, -0.1) is 0 Å². The zero-order valence-corrected chi connectivity index (χ0v) is 9.59. The Balaban J connectivity index is 2.70. The molecule has 5 heteroatoms. The van der Waals surface area contributed by atoms with E-state index in [-0.39, 0.29) is 35.6 Å². The molecule has 0 unspecified atom stereocenters. The second-order valence-corrected chi connectivity index (χ2v) is 3.94. The lowest BCUT2D eigenvalue weighted by Gasteiger charge is -2.11. The van der Waals surface area contributed by atoms with E-state index < -0.39 is 5.82 Å². The van der Waals surface area contributed by atoms with E-state index in [0.717, 1.165) is 0 Å². The molecule has 3 nitrogen and oxygen atoms in total. The van der Waals surface area contributed by atoms with Gasteiger partial charge < -0.3 is 10.4 Å². The molecule has 0 aromatic heterocycles. The van der Waals surface area contributed by atoms with Crippen LogP contribution in [0.15, 0.2) is 18.2 Å². The maximum Gasteiger partial charge on any atom is 0.224 e. The summed E-state index contributed by atoms with van der Waals surface area (Å²) in [6.07, 6.45) is -0.129. The van der Waals surface area contributed by atoms with Crippen LogP contribution in [0.2, 0.25) is 5.02 Å². The van der Waals surface area contributed by atoms with Gasteiger partial charge in [0, 0.05) is 16.6 Å². The molecule has 1 amide bonds. The molecule has 0 heterocycles. The van der Waals surface area contributed by atoms with E-state index in [1.807, 2.05) is 0 Å². The Hall–Kier alpha value is -1.13. The second-order valence-electron chi connectivity index (χ2n) is 3.53. The third-order valence-corrected chi connectivity index (χ3v) is 2.43. The molecular weight excluding hydrogens is 233 g/mol. The molecule has 0 saturated carbocycles. The zero-order chi connectivity index (χ0) is 12.1. The monoisotopic (exact) mass is 245 g/mol. The molecule has 1 aromatic carbocycles. The Morgan fingerprint density at radius 1 is 1.62 bits per heavy atom. The van der Waals surface area contributed by atoms with Gasteiger partial charge in [0.2, 0.25) is 5.91 Å². The topological polar surface area (TPSA) is 49.3 Å². The van der Waals surface area contributed by atoms with Crippen molar-refractivity contribution < 1.29 is 14.3 Å². The smallest absolute Gasteiger partial charge is 0.224 e. The van der Waals surface area contributed by atoms with Gasteiger partial charge in [0.25, 0.3) is 0 Å². The number of nitrogens with one attached hydrogen (secondary N) is 1. The predicted octanol–water partition coefficient (Wildman–Crippen LogP) is 1.52. The molecule has 1 rings (SSSR count). The summed E-state index contributed by atoms with van der Waals surface area (Å²) in [5, 5.41) is 11.5. The molecule has 0 aliphatic heterocycles. The SMILES string of the molecule is C[C@@H](CO)NC(=O)Cc1c(F)cccc1Cl. The first kappa shape index (κ1) is 12.9. The minimum atomic E-state index is -0.501. The number of halogens is 2. The highest BCUT2D eigenvalue weighted by Crippen LogP contribution is 2.19. The van der Waals surface area contributed by atoms with Gasteiger partial charge in [-0.25, -0.2) is 4.39 Å². The maximum absolute atomic E-state index is 13.3. The predicted molar refractivity (Wildman–Crippen MR) is 59.8 cm³/mol. The summed E-state index contributed by atoms with van der Waals surface area (Å²) < 4.78 is 13.3. The molecule has 0 bridgehead atoms. The van der Waals surface area contributed by atoms with Gasteiger partial charge >= 0.3 is 0 Å². The van der Waals surface area contributed by atoms with Gasteiger partial charge in [-0.1, -0.05) is 17.7 Å². The van der Waals surface area contributed by atoms with Crippen molar-refractivity contribution in [1.82, 2.24) is 5.32 Å². The molecule has 16 heavy (non-hydrogen) atoms. The van der Waals surface area contributed by atoms with Crippen LogP contribution >= 0.6 is 11.6 Å². The lowest BCUT2D eigenvalue weighted by Crippen LogP contribution is -2.36.